The van der Waals surface area contributed by atoms with Crippen molar-refractivity contribution < 1.29 is 14.6 Å². The molecule has 0 bridgehead atoms. The lowest BCUT2D eigenvalue weighted by molar-refractivity contribution is -0.136. The van der Waals surface area contributed by atoms with Crippen molar-refractivity contribution >= 4 is 28.5 Å². The van der Waals surface area contributed by atoms with Gasteiger partial charge in [0.1, 0.15) is 5.75 Å². The number of hydrogen-bond acceptors (Lipinski definition) is 2. The van der Waals surface area contributed by atoms with Crippen molar-refractivity contribution in [3.8, 4) is 5.75 Å². The molecule has 0 amide bonds. The summed E-state index contributed by atoms with van der Waals surface area (Å²) in [5.41, 5.74) is 6.25. The lowest BCUT2D eigenvalue weighted by Crippen LogP contribution is -2.05. The largest absolute Gasteiger partial charge is 0.495 e. The number of carbonyl (C=O) groups is 1. The standard InChI is InChI=1S/C21H22ClNO3/c1-12-5-13(2)7-15(6-12)11-23-14(3)16(9-21(24)25)17-8-20(26-4)18(22)10-19(17)23/h5-8,10H,9,11H2,1-4H3,(H,24,25). The van der Waals surface area contributed by atoms with E-state index in [1.165, 1.54) is 16.7 Å². The van der Waals surface area contributed by atoms with Gasteiger partial charge >= 0.3 is 5.97 Å². The summed E-state index contributed by atoms with van der Waals surface area (Å²) in [6.07, 6.45) is -0.0348. The van der Waals surface area contributed by atoms with Gasteiger partial charge < -0.3 is 14.4 Å². The molecule has 5 heteroatoms. The molecule has 4 nitrogen and oxygen atoms in total. The predicted molar refractivity (Wildman–Crippen MR) is 105 cm³/mol. The molecule has 0 radical (unpaired) electrons. The predicted octanol–water partition coefficient (Wildman–Crippen LogP) is 4.90. The zero-order valence-electron chi connectivity index (χ0n) is 15.4. The van der Waals surface area contributed by atoms with Crippen LogP contribution < -0.4 is 4.74 Å². The average molecular weight is 372 g/mol. The molecule has 0 fully saturated rings. The van der Waals surface area contributed by atoms with Crippen molar-refractivity contribution in [3.63, 3.8) is 0 Å². The summed E-state index contributed by atoms with van der Waals surface area (Å²) in [6, 6.07) is 10.1. The van der Waals surface area contributed by atoms with Gasteiger partial charge in [0.05, 0.1) is 24.1 Å². The second-order valence-electron chi connectivity index (χ2n) is 6.72. The first-order chi connectivity index (χ1) is 12.3. The first-order valence-corrected chi connectivity index (χ1v) is 8.82. The minimum atomic E-state index is -0.854. The fourth-order valence-corrected chi connectivity index (χ4v) is 3.86. The maximum Gasteiger partial charge on any atom is 0.307 e. The van der Waals surface area contributed by atoms with E-state index in [4.69, 9.17) is 16.3 Å². The normalized spacial score (nSPS) is 11.1. The molecule has 0 aliphatic carbocycles. The maximum absolute atomic E-state index is 11.4. The number of aromatic nitrogens is 1. The smallest absolute Gasteiger partial charge is 0.307 e. The molecule has 0 aliphatic heterocycles. The summed E-state index contributed by atoms with van der Waals surface area (Å²) in [7, 11) is 1.56. The highest BCUT2D eigenvalue weighted by Crippen LogP contribution is 2.35. The number of carboxylic acids is 1. The van der Waals surface area contributed by atoms with Crippen LogP contribution in [0.15, 0.2) is 30.3 Å². The minimum absolute atomic E-state index is 0.0348. The number of benzene rings is 2. The maximum atomic E-state index is 11.4. The molecule has 3 aromatic rings. The molecule has 0 saturated carbocycles. The number of aryl methyl sites for hydroxylation is 2. The highest BCUT2D eigenvalue weighted by molar-refractivity contribution is 6.32. The molecule has 1 aromatic heterocycles. The van der Waals surface area contributed by atoms with Gasteiger partial charge in [-0.1, -0.05) is 40.9 Å². The highest BCUT2D eigenvalue weighted by Gasteiger charge is 2.19. The summed E-state index contributed by atoms with van der Waals surface area (Å²) in [4.78, 5) is 11.4. The molecule has 0 unspecified atom stereocenters. The van der Waals surface area contributed by atoms with Gasteiger partial charge in [0.15, 0.2) is 0 Å². The first-order valence-electron chi connectivity index (χ1n) is 8.44. The molecule has 2 aromatic carbocycles. The molecular weight excluding hydrogens is 350 g/mol. The fourth-order valence-electron chi connectivity index (χ4n) is 3.62. The van der Waals surface area contributed by atoms with Gasteiger partial charge in [-0.3, -0.25) is 4.79 Å². The van der Waals surface area contributed by atoms with Crippen LogP contribution in [0, 0.1) is 20.8 Å². The number of fused-ring (bicyclic) bond motifs is 1. The Labute approximate surface area is 158 Å². The van der Waals surface area contributed by atoms with Crippen molar-refractivity contribution in [1.29, 1.82) is 0 Å². The van der Waals surface area contributed by atoms with Gasteiger partial charge in [-0.15, -0.1) is 0 Å². The number of rotatable bonds is 5. The summed E-state index contributed by atoms with van der Waals surface area (Å²) < 4.78 is 7.46. The van der Waals surface area contributed by atoms with E-state index in [0.717, 1.165) is 22.2 Å². The molecular formula is C21H22ClNO3. The van der Waals surface area contributed by atoms with Crippen LogP contribution in [0.2, 0.25) is 5.02 Å². The monoisotopic (exact) mass is 371 g/mol. The number of hydrogen-bond donors (Lipinski definition) is 1. The molecule has 3 rings (SSSR count). The van der Waals surface area contributed by atoms with Gasteiger partial charge in [-0.2, -0.15) is 0 Å². The van der Waals surface area contributed by atoms with Crippen molar-refractivity contribution in [2.24, 2.45) is 0 Å². The van der Waals surface area contributed by atoms with Crippen molar-refractivity contribution in [2.45, 2.75) is 33.7 Å². The van der Waals surface area contributed by atoms with Crippen LogP contribution in [0.25, 0.3) is 10.9 Å². The molecule has 26 heavy (non-hydrogen) atoms. The van der Waals surface area contributed by atoms with Crippen molar-refractivity contribution in [3.05, 3.63) is 63.3 Å². The second kappa shape index (κ2) is 7.04. The third-order valence-corrected chi connectivity index (χ3v) is 4.97. The van der Waals surface area contributed by atoms with Gasteiger partial charge in [-0.05, 0) is 44.0 Å². The summed E-state index contributed by atoms with van der Waals surface area (Å²) in [6.45, 7) is 6.78. The number of carboxylic acid groups (broad SMARTS) is 1. The minimum Gasteiger partial charge on any atom is -0.495 e. The molecule has 0 aliphatic rings. The fraction of sp³-hybridized carbons (Fsp3) is 0.286. The van der Waals surface area contributed by atoms with Crippen LogP contribution >= 0.6 is 11.6 Å². The SMILES string of the molecule is COc1cc2c(CC(=O)O)c(C)n(Cc3cc(C)cc(C)c3)c2cc1Cl. The van der Waals surface area contributed by atoms with E-state index >= 15 is 0 Å². The summed E-state index contributed by atoms with van der Waals surface area (Å²) in [5, 5.41) is 10.7. The Balaban J connectivity index is 2.21. The topological polar surface area (TPSA) is 51.5 Å². The van der Waals surface area contributed by atoms with Crippen LogP contribution in [-0.2, 0) is 17.8 Å². The molecule has 1 N–H and O–H groups in total. The van der Waals surface area contributed by atoms with E-state index < -0.39 is 5.97 Å². The Morgan fingerprint density at radius 1 is 1.12 bits per heavy atom. The Bertz CT molecular complexity index is 984. The number of aliphatic carboxylic acids is 1. The van der Waals surface area contributed by atoms with Gasteiger partial charge in [0, 0.05) is 17.6 Å². The van der Waals surface area contributed by atoms with E-state index in [0.29, 0.717) is 17.3 Å². The first kappa shape index (κ1) is 18.3. The number of nitrogens with zero attached hydrogens (tertiary/aromatic N) is 1. The van der Waals surface area contributed by atoms with E-state index in [-0.39, 0.29) is 6.42 Å². The molecule has 0 saturated heterocycles. The Morgan fingerprint density at radius 2 is 1.77 bits per heavy atom. The van der Waals surface area contributed by atoms with Crippen LogP contribution in [0.3, 0.4) is 0 Å². The summed E-state index contributed by atoms with van der Waals surface area (Å²) >= 11 is 6.34. The van der Waals surface area contributed by atoms with E-state index in [2.05, 4.69) is 36.6 Å². The molecule has 136 valence electrons. The van der Waals surface area contributed by atoms with Crippen LogP contribution in [-0.4, -0.2) is 22.8 Å². The van der Waals surface area contributed by atoms with Crippen LogP contribution in [0.1, 0.15) is 27.9 Å². The van der Waals surface area contributed by atoms with Crippen LogP contribution in [0.5, 0.6) is 5.75 Å². The van der Waals surface area contributed by atoms with Crippen molar-refractivity contribution in [1.82, 2.24) is 4.57 Å². The molecule has 0 spiro atoms. The lowest BCUT2D eigenvalue weighted by Gasteiger charge is -2.11. The van der Waals surface area contributed by atoms with Crippen LogP contribution in [0.4, 0.5) is 0 Å². The van der Waals surface area contributed by atoms with Gasteiger partial charge in [0.2, 0.25) is 0 Å². The van der Waals surface area contributed by atoms with Gasteiger partial charge in [0.25, 0.3) is 0 Å². The third kappa shape index (κ3) is 3.42. The van der Waals surface area contributed by atoms with Gasteiger partial charge in [-0.25, -0.2) is 0 Å². The Morgan fingerprint density at radius 3 is 2.35 bits per heavy atom. The molecule has 1 heterocycles. The second-order valence-corrected chi connectivity index (χ2v) is 7.13. The van der Waals surface area contributed by atoms with E-state index in [1.807, 2.05) is 19.1 Å². The number of halogens is 1. The molecule has 0 atom stereocenters. The Hall–Kier alpha value is -2.46. The number of methoxy groups -OCH3 is 1. The number of ether oxygens (including phenoxy) is 1. The van der Waals surface area contributed by atoms with Crippen molar-refractivity contribution in [2.75, 3.05) is 7.11 Å². The Kier molecular flexibility index (Phi) is 4.97. The lowest BCUT2D eigenvalue weighted by atomic mass is 10.1. The highest BCUT2D eigenvalue weighted by atomic mass is 35.5. The summed E-state index contributed by atoms with van der Waals surface area (Å²) in [5.74, 6) is -0.304. The zero-order valence-corrected chi connectivity index (χ0v) is 16.1. The zero-order chi connectivity index (χ0) is 19.0. The average Bonchev–Trinajstić information content (AvgIpc) is 2.78. The third-order valence-electron chi connectivity index (χ3n) is 4.68. The van der Waals surface area contributed by atoms with E-state index in [1.54, 1.807) is 7.11 Å². The quantitative estimate of drug-likeness (QED) is 0.693. The van der Waals surface area contributed by atoms with E-state index in [9.17, 15) is 9.90 Å².